The van der Waals surface area contributed by atoms with Crippen molar-refractivity contribution in [3.63, 3.8) is 0 Å². The van der Waals surface area contributed by atoms with Gasteiger partial charge < -0.3 is 10.1 Å². The molecule has 0 bridgehead atoms. The number of hydrogen-bond acceptors (Lipinski definition) is 4. The lowest BCUT2D eigenvalue weighted by Crippen LogP contribution is -2.35. The zero-order valence-electron chi connectivity index (χ0n) is 13.8. The molecule has 6 nitrogen and oxygen atoms in total. The van der Waals surface area contributed by atoms with Gasteiger partial charge in [-0.05, 0) is 30.3 Å². The second-order valence-electron chi connectivity index (χ2n) is 5.23. The predicted molar refractivity (Wildman–Crippen MR) is 92.8 cm³/mol. The van der Waals surface area contributed by atoms with Gasteiger partial charge in [0.1, 0.15) is 17.4 Å². The van der Waals surface area contributed by atoms with Gasteiger partial charge in [0.05, 0.1) is 29.3 Å². The van der Waals surface area contributed by atoms with Crippen LogP contribution in [0, 0.1) is 11.6 Å². The average molecular weight is 405 g/mol. The minimum absolute atomic E-state index is 0.0910. The van der Waals surface area contributed by atoms with Crippen LogP contribution in [-0.2, 0) is 14.8 Å². The summed E-state index contributed by atoms with van der Waals surface area (Å²) in [6, 6.07) is 6.40. The maximum Gasteiger partial charge on any atom is 0.243 e. The summed E-state index contributed by atoms with van der Waals surface area (Å²) in [5.41, 5.74) is -0.381. The van der Waals surface area contributed by atoms with E-state index in [1.54, 1.807) is 0 Å². The third-order valence-corrected chi connectivity index (χ3v) is 5.49. The van der Waals surface area contributed by atoms with Crippen molar-refractivity contribution in [1.82, 2.24) is 4.31 Å². The number of ether oxygens (including phenoxy) is 1. The van der Waals surface area contributed by atoms with Crippen molar-refractivity contribution >= 4 is 33.2 Å². The average Bonchev–Trinajstić information content (AvgIpc) is 2.57. The van der Waals surface area contributed by atoms with Crippen LogP contribution in [0.1, 0.15) is 0 Å². The minimum Gasteiger partial charge on any atom is -0.495 e. The minimum atomic E-state index is -4.03. The molecule has 0 unspecified atom stereocenters. The largest absolute Gasteiger partial charge is 0.495 e. The zero-order valence-corrected chi connectivity index (χ0v) is 15.4. The van der Waals surface area contributed by atoms with E-state index in [9.17, 15) is 22.0 Å². The van der Waals surface area contributed by atoms with Crippen LogP contribution in [0.25, 0.3) is 0 Å². The molecule has 2 rings (SSSR count). The number of sulfonamides is 1. The number of benzene rings is 2. The summed E-state index contributed by atoms with van der Waals surface area (Å²) < 4.78 is 57.4. The summed E-state index contributed by atoms with van der Waals surface area (Å²) in [4.78, 5) is 11.8. The summed E-state index contributed by atoms with van der Waals surface area (Å²) in [5, 5.41) is 2.22. The Kier molecular flexibility index (Phi) is 6.17. The molecule has 0 heterocycles. The number of nitrogens with zero attached hydrogens (tertiary/aromatic N) is 1. The van der Waals surface area contributed by atoms with E-state index in [2.05, 4.69) is 5.32 Å². The highest BCUT2D eigenvalue weighted by Crippen LogP contribution is 2.28. The SMILES string of the molecule is COc1ccc(S(=O)(=O)N(C)CC(=O)Nc2cc(F)ccc2F)cc1Cl. The van der Waals surface area contributed by atoms with Crippen LogP contribution in [0.3, 0.4) is 0 Å². The van der Waals surface area contributed by atoms with Crippen LogP contribution in [-0.4, -0.2) is 39.3 Å². The number of hydrogen-bond donors (Lipinski definition) is 1. The molecule has 0 fully saturated rings. The van der Waals surface area contributed by atoms with Gasteiger partial charge in [0, 0.05) is 13.1 Å². The van der Waals surface area contributed by atoms with E-state index in [1.165, 1.54) is 32.4 Å². The lowest BCUT2D eigenvalue weighted by Gasteiger charge is -2.17. The Labute approximate surface area is 154 Å². The van der Waals surface area contributed by atoms with Crippen molar-refractivity contribution < 1.29 is 26.7 Å². The van der Waals surface area contributed by atoms with E-state index in [0.717, 1.165) is 22.5 Å². The highest BCUT2D eigenvalue weighted by molar-refractivity contribution is 7.89. The predicted octanol–water partition coefficient (Wildman–Crippen LogP) is 2.89. The molecule has 26 heavy (non-hydrogen) atoms. The van der Waals surface area contributed by atoms with Crippen LogP contribution in [0.4, 0.5) is 14.5 Å². The molecule has 0 aliphatic heterocycles. The summed E-state index contributed by atoms with van der Waals surface area (Å²) in [5.74, 6) is -2.12. The fraction of sp³-hybridized carbons (Fsp3) is 0.188. The molecule has 0 radical (unpaired) electrons. The first-order valence-electron chi connectivity index (χ1n) is 7.20. The number of methoxy groups -OCH3 is 1. The Bertz CT molecular complexity index is 938. The summed E-state index contributed by atoms with van der Waals surface area (Å²) in [6.45, 7) is -0.609. The van der Waals surface area contributed by atoms with Crippen molar-refractivity contribution in [3.05, 3.63) is 53.1 Å². The Morgan fingerprint density at radius 1 is 1.23 bits per heavy atom. The van der Waals surface area contributed by atoms with Crippen LogP contribution >= 0.6 is 11.6 Å². The molecule has 0 spiro atoms. The van der Waals surface area contributed by atoms with E-state index in [1.807, 2.05) is 0 Å². The van der Waals surface area contributed by atoms with Gasteiger partial charge in [-0.3, -0.25) is 4.79 Å². The zero-order chi connectivity index (χ0) is 19.5. The van der Waals surface area contributed by atoms with E-state index in [-0.39, 0.29) is 15.6 Å². The Morgan fingerprint density at radius 3 is 2.54 bits per heavy atom. The van der Waals surface area contributed by atoms with Gasteiger partial charge in [-0.2, -0.15) is 4.31 Å². The number of halogens is 3. The van der Waals surface area contributed by atoms with Crippen molar-refractivity contribution in [3.8, 4) is 5.75 Å². The number of carbonyl (C=O) groups excluding carboxylic acids is 1. The number of carbonyl (C=O) groups is 1. The molecule has 140 valence electrons. The second kappa shape index (κ2) is 7.98. The normalized spacial score (nSPS) is 11.5. The van der Waals surface area contributed by atoms with Gasteiger partial charge in [-0.1, -0.05) is 11.6 Å². The monoisotopic (exact) mass is 404 g/mol. The Balaban J connectivity index is 2.14. The molecule has 1 amide bonds. The number of anilines is 1. The molecule has 1 N–H and O–H groups in total. The lowest BCUT2D eigenvalue weighted by atomic mass is 10.3. The summed E-state index contributed by atoms with van der Waals surface area (Å²) in [6.07, 6.45) is 0. The third kappa shape index (κ3) is 4.48. The number of nitrogens with one attached hydrogen (secondary N) is 1. The van der Waals surface area contributed by atoms with Gasteiger partial charge >= 0.3 is 0 Å². The van der Waals surface area contributed by atoms with Crippen molar-refractivity contribution in [2.45, 2.75) is 4.90 Å². The quantitative estimate of drug-likeness (QED) is 0.803. The molecular weight excluding hydrogens is 390 g/mol. The van der Waals surface area contributed by atoms with Crippen LogP contribution in [0.2, 0.25) is 5.02 Å². The lowest BCUT2D eigenvalue weighted by molar-refractivity contribution is -0.116. The highest BCUT2D eigenvalue weighted by Gasteiger charge is 2.24. The Hall–Kier alpha value is -2.23. The van der Waals surface area contributed by atoms with E-state index < -0.39 is 34.1 Å². The van der Waals surface area contributed by atoms with Gasteiger partial charge in [0.2, 0.25) is 15.9 Å². The third-order valence-electron chi connectivity index (χ3n) is 3.40. The van der Waals surface area contributed by atoms with Crippen molar-refractivity contribution in [2.75, 3.05) is 26.0 Å². The molecule has 10 heteroatoms. The van der Waals surface area contributed by atoms with E-state index in [4.69, 9.17) is 16.3 Å². The molecule has 0 aromatic heterocycles. The number of rotatable bonds is 6. The fourth-order valence-electron chi connectivity index (χ4n) is 2.06. The van der Waals surface area contributed by atoms with E-state index >= 15 is 0 Å². The van der Waals surface area contributed by atoms with Gasteiger partial charge in [0.25, 0.3) is 0 Å². The number of amides is 1. The van der Waals surface area contributed by atoms with Crippen LogP contribution in [0.15, 0.2) is 41.3 Å². The first kappa shape index (κ1) is 20.1. The van der Waals surface area contributed by atoms with Crippen molar-refractivity contribution in [1.29, 1.82) is 0 Å². The molecule has 2 aromatic carbocycles. The number of likely N-dealkylation sites (N-methyl/N-ethyl adjacent to an activating group) is 1. The summed E-state index contributed by atoms with van der Waals surface area (Å²) >= 11 is 5.92. The first-order chi connectivity index (χ1) is 12.1. The maximum atomic E-state index is 13.5. The molecule has 0 saturated carbocycles. The highest BCUT2D eigenvalue weighted by atomic mass is 35.5. The fourth-order valence-corrected chi connectivity index (χ4v) is 3.53. The van der Waals surface area contributed by atoms with Crippen LogP contribution < -0.4 is 10.1 Å². The van der Waals surface area contributed by atoms with Gasteiger partial charge in [0.15, 0.2) is 0 Å². The van der Waals surface area contributed by atoms with E-state index in [0.29, 0.717) is 5.75 Å². The maximum absolute atomic E-state index is 13.5. The topological polar surface area (TPSA) is 75.7 Å². The molecule has 2 aromatic rings. The molecule has 0 aliphatic carbocycles. The molecule has 0 atom stereocenters. The molecule has 0 saturated heterocycles. The molecule has 0 aliphatic rings. The summed E-state index contributed by atoms with van der Waals surface area (Å²) in [7, 11) is -1.47. The van der Waals surface area contributed by atoms with Gasteiger partial charge in [-0.25, -0.2) is 17.2 Å². The second-order valence-corrected chi connectivity index (χ2v) is 7.68. The standard InChI is InChI=1S/C16H15ClF2N2O4S/c1-21(9-16(22)20-14-7-10(18)3-5-13(14)19)26(23,24)11-4-6-15(25-2)12(17)8-11/h3-8H,9H2,1-2H3,(H,20,22). The molecular formula is C16H15ClF2N2O4S. The first-order valence-corrected chi connectivity index (χ1v) is 9.01. The van der Waals surface area contributed by atoms with Crippen molar-refractivity contribution in [2.24, 2.45) is 0 Å². The smallest absolute Gasteiger partial charge is 0.243 e. The van der Waals surface area contributed by atoms with Crippen LogP contribution in [0.5, 0.6) is 5.75 Å². The van der Waals surface area contributed by atoms with Gasteiger partial charge in [-0.15, -0.1) is 0 Å². The Morgan fingerprint density at radius 2 is 1.92 bits per heavy atom.